The third kappa shape index (κ3) is 4.49. The zero-order chi connectivity index (χ0) is 15.5. The van der Waals surface area contributed by atoms with Gasteiger partial charge in [-0.05, 0) is 19.4 Å². The topological polar surface area (TPSA) is 81.4 Å². The number of carbonyl (C=O) groups is 2. The highest BCUT2D eigenvalue weighted by atomic mass is 32.1. The van der Waals surface area contributed by atoms with Crippen molar-refractivity contribution in [2.24, 2.45) is 5.73 Å². The van der Waals surface area contributed by atoms with Crippen LogP contribution in [0.4, 0.5) is 18.2 Å². The first-order valence-corrected chi connectivity index (χ1v) is 6.27. The number of thiophene rings is 1. The Hall–Kier alpha value is -1.61. The summed E-state index contributed by atoms with van der Waals surface area (Å²) in [5, 5.41) is 2.54. The number of halogens is 3. The van der Waals surface area contributed by atoms with E-state index in [0.717, 1.165) is 16.2 Å². The number of nitrogens with two attached hydrogens (primary N) is 1. The van der Waals surface area contributed by atoms with Crippen molar-refractivity contribution in [3.63, 3.8) is 0 Å². The molecule has 0 spiro atoms. The number of hydrogen-bond donors (Lipinski definition) is 2. The van der Waals surface area contributed by atoms with Gasteiger partial charge in [0.25, 0.3) is 11.8 Å². The number of carbonyl (C=O) groups excluding carboxylic acids is 2. The van der Waals surface area contributed by atoms with Gasteiger partial charge in [-0.15, -0.1) is 11.3 Å². The van der Waals surface area contributed by atoms with E-state index in [-0.39, 0.29) is 10.6 Å². The van der Waals surface area contributed by atoms with Crippen LogP contribution in [0.5, 0.6) is 0 Å². The van der Waals surface area contributed by atoms with Crippen LogP contribution in [0.2, 0.25) is 0 Å². The Morgan fingerprint density at radius 1 is 1.35 bits per heavy atom. The Morgan fingerprint density at radius 2 is 1.95 bits per heavy atom. The third-order valence-electron chi connectivity index (χ3n) is 2.38. The fourth-order valence-corrected chi connectivity index (χ4v) is 2.52. The molecular formula is C11H13F3N2O3S. The highest BCUT2D eigenvalue weighted by Gasteiger charge is 2.28. The number of hydrogen-bond acceptors (Lipinski definition) is 4. The summed E-state index contributed by atoms with van der Waals surface area (Å²) in [6, 6.07) is 0. The number of primary amides is 1. The highest BCUT2D eigenvalue weighted by Crippen LogP contribution is 2.31. The molecule has 0 aliphatic heterocycles. The van der Waals surface area contributed by atoms with Crippen molar-refractivity contribution >= 4 is 28.2 Å². The summed E-state index contributed by atoms with van der Waals surface area (Å²) in [5.41, 5.74) is 6.00. The van der Waals surface area contributed by atoms with E-state index < -0.39 is 31.2 Å². The second-order valence-corrected chi connectivity index (χ2v) is 5.23. The van der Waals surface area contributed by atoms with Gasteiger partial charge in [0.05, 0.1) is 5.56 Å². The minimum Gasteiger partial charge on any atom is -0.365 e. The fourth-order valence-electron chi connectivity index (χ4n) is 1.43. The predicted octanol–water partition coefficient (Wildman–Crippen LogP) is 1.98. The molecule has 3 N–H and O–H groups in total. The SMILES string of the molecule is Cc1sc(NC(=O)COCC(F)(F)F)c(C(N)=O)c1C. The third-order valence-corrected chi connectivity index (χ3v) is 3.51. The van der Waals surface area contributed by atoms with E-state index in [2.05, 4.69) is 10.1 Å². The van der Waals surface area contributed by atoms with Gasteiger partial charge < -0.3 is 15.8 Å². The first kappa shape index (κ1) is 16.4. The van der Waals surface area contributed by atoms with Gasteiger partial charge in [-0.25, -0.2) is 0 Å². The molecule has 0 atom stereocenters. The van der Waals surface area contributed by atoms with Crippen LogP contribution in [-0.2, 0) is 9.53 Å². The Kier molecular flexibility index (Phi) is 5.12. The molecule has 0 aliphatic rings. The Balaban J connectivity index is 2.67. The van der Waals surface area contributed by atoms with Crippen LogP contribution in [-0.4, -0.2) is 31.2 Å². The first-order chi connectivity index (χ1) is 9.11. The Labute approximate surface area is 116 Å². The predicted molar refractivity (Wildman–Crippen MR) is 67.8 cm³/mol. The number of rotatable bonds is 5. The summed E-state index contributed by atoms with van der Waals surface area (Å²) < 4.78 is 39.8. The summed E-state index contributed by atoms with van der Waals surface area (Å²) in [7, 11) is 0. The average Bonchev–Trinajstić information content (AvgIpc) is 2.52. The maximum atomic E-state index is 11.8. The molecule has 20 heavy (non-hydrogen) atoms. The molecule has 0 unspecified atom stereocenters. The normalized spacial score (nSPS) is 11.4. The smallest absolute Gasteiger partial charge is 0.365 e. The van der Waals surface area contributed by atoms with Crippen molar-refractivity contribution < 1.29 is 27.5 Å². The van der Waals surface area contributed by atoms with Crippen molar-refractivity contribution in [2.45, 2.75) is 20.0 Å². The van der Waals surface area contributed by atoms with Crippen LogP contribution in [0.1, 0.15) is 20.8 Å². The van der Waals surface area contributed by atoms with E-state index in [0.29, 0.717) is 5.56 Å². The second kappa shape index (κ2) is 6.23. The second-order valence-electron chi connectivity index (χ2n) is 4.01. The van der Waals surface area contributed by atoms with E-state index in [1.807, 2.05) is 0 Å². The van der Waals surface area contributed by atoms with Gasteiger partial charge in [0.1, 0.15) is 18.2 Å². The molecule has 0 saturated heterocycles. The summed E-state index contributed by atoms with van der Waals surface area (Å²) in [6.07, 6.45) is -4.49. The molecule has 5 nitrogen and oxygen atoms in total. The monoisotopic (exact) mass is 310 g/mol. The van der Waals surface area contributed by atoms with E-state index >= 15 is 0 Å². The Morgan fingerprint density at radius 3 is 2.45 bits per heavy atom. The fraction of sp³-hybridized carbons (Fsp3) is 0.455. The highest BCUT2D eigenvalue weighted by molar-refractivity contribution is 7.16. The van der Waals surface area contributed by atoms with Gasteiger partial charge in [-0.2, -0.15) is 13.2 Å². The van der Waals surface area contributed by atoms with Crippen LogP contribution >= 0.6 is 11.3 Å². The van der Waals surface area contributed by atoms with E-state index in [1.165, 1.54) is 0 Å². The number of amides is 2. The van der Waals surface area contributed by atoms with Crippen LogP contribution in [0.3, 0.4) is 0 Å². The Bertz CT molecular complexity index is 526. The minimum absolute atomic E-state index is 0.164. The number of nitrogens with one attached hydrogen (secondary N) is 1. The number of anilines is 1. The zero-order valence-electron chi connectivity index (χ0n) is 10.8. The summed E-state index contributed by atoms with van der Waals surface area (Å²) in [5.74, 6) is -1.49. The van der Waals surface area contributed by atoms with E-state index in [4.69, 9.17) is 5.73 Å². The molecule has 0 aliphatic carbocycles. The summed E-state index contributed by atoms with van der Waals surface area (Å²) in [4.78, 5) is 23.5. The van der Waals surface area contributed by atoms with Gasteiger partial charge in [0.15, 0.2) is 0 Å². The molecule has 0 saturated carbocycles. The molecule has 0 aromatic carbocycles. The van der Waals surface area contributed by atoms with Gasteiger partial charge in [0.2, 0.25) is 0 Å². The molecule has 1 rings (SSSR count). The lowest BCUT2D eigenvalue weighted by atomic mass is 10.1. The van der Waals surface area contributed by atoms with Gasteiger partial charge >= 0.3 is 6.18 Å². The van der Waals surface area contributed by atoms with Crippen molar-refractivity contribution in [3.8, 4) is 0 Å². The molecule has 0 radical (unpaired) electrons. The lowest BCUT2D eigenvalue weighted by Crippen LogP contribution is -2.24. The number of aryl methyl sites for hydroxylation is 1. The maximum absolute atomic E-state index is 11.8. The van der Waals surface area contributed by atoms with Gasteiger partial charge in [-0.3, -0.25) is 9.59 Å². The first-order valence-electron chi connectivity index (χ1n) is 5.46. The lowest BCUT2D eigenvalue weighted by Gasteiger charge is -2.08. The molecule has 1 aromatic heterocycles. The van der Waals surface area contributed by atoms with Crippen LogP contribution in [0, 0.1) is 13.8 Å². The van der Waals surface area contributed by atoms with E-state index in [1.54, 1.807) is 13.8 Å². The minimum atomic E-state index is -4.49. The maximum Gasteiger partial charge on any atom is 0.411 e. The van der Waals surface area contributed by atoms with Crippen molar-refractivity contribution in [1.29, 1.82) is 0 Å². The van der Waals surface area contributed by atoms with Gasteiger partial charge in [-0.1, -0.05) is 0 Å². The van der Waals surface area contributed by atoms with Crippen molar-refractivity contribution in [2.75, 3.05) is 18.5 Å². The summed E-state index contributed by atoms with van der Waals surface area (Å²) >= 11 is 1.13. The van der Waals surface area contributed by atoms with Crippen LogP contribution in [0.15, 0.2) is 0 Å². The zero-order valence-corrected chi connectivity index (χ0v) is 11.6. The molecule has 0 bridgehead atoms. The quantitative estimate of drug-likeness (QED) is 0.872. The molecule has 1 aromatic rings. The number of ether oxygens (including phenoxy) is 1. The molecule has 1 heterocycles. The number of alkyl halides is 3. The molecular weight excluding hydrogens is 297 g/mol. The lowest BCUT2D eigenvalue weighted by molar-refractivity contribution is -0.174. The van der Waals surface area contributed by atoms with Gasteiger partial charge in [0, 0.05) is 4.88 Å². The largest absolute Gasteiger partial charge is 0.411 e. The standard InChI is InChI=1S/C11H13F3N2O3S/c1-5-6(2)20-10(8(5)9(15)18)16-7(17)3-19-4-11(12,13)14/h3-4H2,1-2H3,(H2,15,18)(H,16,17). The average molecular weight is 310 g/mol. The molecule has 0 fully saturated rings. The molecule has 2 amide bonds. The van der Waals surface area contributed by atoms with Crippen molar-refractivity contribution in [1.82, 2.24) is 0 Å². The van der Waals surface area contributed by atoms with Crippen molar-refractivity contribution in [3.05, 3.63) is 16.0 Å². The van der Waals surface area contributed by atoms with Crippen LogP contribution in [0.25, 0.3) is 0 Å². The molecule has 112 valence electrons. The van der Waals surface area contributed by atoms with E-state index in [9.17, 15) is 22.8 Å². The molecule has 9 heteroatoms. The van der Waals surface area contributed by atoms with Crippen LogP contribution < -0.4 is 11.1 Å². The summed E-state index contributed by atoms with van der Waals surface area (Å²) in [6.45, 7) is 1.14.